The summed E-state index contributed by atoms with van der Waals surface area (Å²) in [5.41, 5.74) is 4.60. The molecule has 6 aromatic rings. The highest BCUT2D eigenvalue weighted by atomic mass is 28.4. The van der Waals surface area contributed by atoms with E-state index < -0.39 is 33.8 Å². The van der Waals surface area contributed by atoms with E-state index >= 15 is 13.2 Å². The lowest BCUT2D eigenvalue weighted by Gasteiger charge is -2.50. The molecule has 0 N–H and O–H groups in total. The summed E-state index contributed by atoms with van der Waals surface area (Å²) in [5, 5.41) is 3.16. The number of hydrogen-bond acceptors (Lipinski definition) is 7. The zero-order valence-electron chi connectivity index (χ0n) is 45.8. The van der Waals surface area contributed by atoms with Crippen molar-refractivity contribution >= 4 is 54.3 Å². The molecule has 3 fully saturated rings. The first-order valence-electron chi connectivity index (χ1n) is 27.3. The van der Waals surface area contributed by atoms with E-state index in [1.165, 1.54) is 12.1 Å². The van der Waals surface area contributed by atoms with Crippen molar-refractivity contribution in [1.29, 1.82) is 0 Å². The second kappa shape index (κ2) is 21.2. The molecule has 2 aliphatic heterocycles. The van der Waals surface area contributed by atoms with E-state index in [1.54, 1.807) is 12.1 Å². The maximum absolute atomic E-state index is 18.3. The Morgan fingerprint density at radius 2 is 1.34 bits per heavy atom. The fraction of sp³-hybridized carbons (Fsp3) is 0.484. The van der Waals surface area contributed by atoms with E-state index in [0.29, 0.717) is 59.3 Å². The minimum atomic E-state index is -3.00. The Morgan fingerprint density at radius 1 is 0.716 bits per heavy atom. The number of hydrogen-bond donors (Lipinski definition) is 0. The Morgan fingerprint density at radius 3 is 1.89 bits per heavy atom. The minimum Gasteiger partial charge on any atom is -0.461 e. The molecule has 0 amide bonds. The topological polar surface area (TPSA) is 54.0 Å². The van der Waals surface area contributed by atoms with E-state index in [-0.39, 0.29) is 50.0 Å². The SMILES string of the molecule is CC(C)[Si](C#Cc1c(F)ccc2cccc(-c3cc(F)c4c(N(CCO[Si](c5ccccc5)(c5ccccc5)C(C)(C)C)CC5(N(C)C)CCC5)nc(OCC56CCCN5CCC6)nc4c3F)c12)(C(C)C)C(C)C. The van der Waals surface area contributed by atoms with Gasteiger partial charge in [-0.15, -0.1) is 5.54 Å². The zero-order valence-corrected chi connectivity index (χ0v) is 47.8. The van der Waals surface area contributed by atoms with Gasteiger partial charge in [-0.1, -0.05) is 153 Å². The van der Waals surface area contributed by atoms with E-state index in [0.717, 1.165) is 68.4 Å². The molecule has 1 saturated carbocycles. The number of rotatable bonds is 17. The van der Waals surface area contributed by atoms with Crippen LogP contribution < -0.4 is 20.0 Å². The summed E-state index contributed by atoms with van der Waals surface area (Å²) in [6.07, 6.45) is 7.09. The smallest absolute Gasteiger partial charge is 0.319 e. The third-order valence-electron chi connectivity index (χ3n) is 17.8. The van der Waals surface area contributed by atoms with Crippen LogP contribution in [0.5, 0.6) is 6.01 Å². The average molecular weight is 1040 g/mol. The predicted octanol–water partition coefficient (Wildman–Crippen LogP) is 13.3. The Kier molecular flexibility index (Phi) is 15.4. The molecule has 2 saturated heterocycles. The van der Waals surface area contributed by atoms with Crippen LogP contribution in [0.4, 0.5) is 19.0 Å². The van der Waals surface area contributed by atoms with Crippen LogP contribution in [0, 0.1) is 28.9 Å². The van der Waals surface area contributed by atoms with Crippen molar-refractivity contribution in [3.05, 3.63) is 120 Å². The standard InChI is InChI=1S/C62H78F3N5O2Si2/c1-43(2)73(44(3)4,45(5)6)39-30-50-52(63)29-28-46-22-18-27-49(54(46)50)51-40-53(64)55-57(56(51)65)66-59(71-42-62-33-20-35-70(62)36-21-34-62)67-58(55)69(41-61(68(10)11)31-19-32-61)37-38-72-74(60(7,8)9,47-23-14-12-15-24-47)48-25-16-13-17-26-48/h12-18,22-29,40,43-45H,19-21,31-38,41-42H2,1-11H3. The Balaban J connectivity index is 1.23. The minimum absolute atomic E-state index is 0.00867. The molecule has 0 spiro atoms. The predicted molar refractivity (Wildman–Crippen MR) is 305 cm³/mol. The third-order valence-corrected chi connectivity index (χ3v) is 29.1. The zero-order chi connectivity index (χ0) is 52.8. The van der Waals surface area contributed by atoms with Crippen LogP contribution in [0.25, 0.3) is 32.8 Å². The highest BCUT2D eigenvalue weighted by Crippen LogP contribution is 2.45. The molecule has 392 valence electrons. The van der Waals surface area contributed by atoms with Gasteiger partial charge in [0.15, 0.2) is 5.82 Å². The second-order valence-electron chi connectivity index (χ2n) is 23.9. The summed E-state index contributed by atoms with van der Waals surface area (Å²) in [4.78, 5) is 16.9. The molecule has 0 atom stereocenters. The number of nitrogens with zero attached hydrogens (tertiary/aromatic N) is 5. The van der Waals surface area contributed by atoms with Gasteiger partial charge in [0.25, 0.3) is 8.32 Å². The van der Waals surface area contributed by atoms with Crippen LogP contribution in [0.15, 0.2) is 97.1 Å². The number of halogens is 3. The lowest BCUT2D eigenvalue weighted by molar-refractivity contribution is 0.0662. The quantitative estimate of drug-likeness (QED) is 0.0666. The van der Waals surface area contributed by atoms with Gasteiger partial charge in [0.05, 0.1) is 23.1 Å². The molecule has 3 heterocycles. The van der Waals surface area contributed by atoms with Crippen molar-refractivity contribution in [2.75, 3.05) is 58.4 Å². The summed E-state index contributed by atoms with van der Waals surface area (Å²) in [6, 6.07) is 31.0. The van der Waals surface area contributed by atoms with Crippen LogP contribution in [-0.2, 0) is 4.43 Å². The number of aromatic nitrogens is 2. The first-order chi connectivity index (χ1) is 35.3. The number of anilines is 1. The van der Waals surface area contributed by atoms with Crippen LogP contribution in [-0.4, -0.2) is 101 Å². The molecule has 0 bridgehead atoms. The first-order valence-corrected chi connectivity index (χ1v) is 31.4. The molecule has 3 aliphatic rings. The van der Waals surface area contributed by atoms with Gasteiger partial charge >= 0.3 is 6.01 Å². The van der Waals surface area contributed by atoms with Crippen molar-refractivity contribution in [3.63, 3.8) is 0 Å². The lowest BCUT2D eigenvalue weighted by Crippen LogP contribution is -2.67. The third kappa shape index (κ3) is 9.52. The fourth-order valence-corrected chi connectivity index (χ4v) is 23.4. The summed E-state index contributed by atoms with van der Waals surface area (Å²) in [5.74, 6) is 1.75. The first kappa shape index (κ1) is 53.8. The van der Waals surface area contributed by atoms with Crippen LogP contribution in [0.2, 0.25) is 21.7 Å². The van der Waals surface area contributed by atoms with Crippen LogP contribution >= 0.6 is 0 Å². The summed E-state index contributed by atoms with van der Waals surface area (Å²) in [6.45, 7) is 23.6. The molecule has 5 aromatic carbocycles. The van der Waals surface area contributed by atoms with E-state index in [2.05, 4.69) is 151 Å². The summed E-state index contributed by atoms with van der Waals surface area (Å²) < 4.78 is 67.0. The summed E-state index contributed by atoms with van der Waals surface area (Å²) in [7, 11) is -1.11. The highest BCUT2D eigenvalue weighted by Gasteiger charge is 2.51. The van der Waals surface area contributed by atoms with Crippen LogP contribution in [0.1, 0.15) is 113 Å². The van der Waals surface area contributed by atoms with Crippen molar-refractivity contribution in [2.24, 2.45) is 0 Å². The van der Waals surface area contributed by atoms with Gasteiger partial charge in [0.2, 0.25) is 0 Å². The second-order valence-corrected chi connectivity index (χ2v) is 33.7. The van der Waals surface area contributed by atoms with Crippen molar-refractivity contribution in [2.45, 2.75) is 140 Å². The van der Waals surface area contributed by atoms with Gasteiger partial charge in [0, 0.05) is 29.6 Å². The van der Waals surface area contributed by atoms with Gasteiger partial charge in [-0.05, 0) is 127 Å². The fourth-order valence-electron chi connectivity index (χ4n) is 13.7. The van der Waals surface area contributed by atoms with Gasteiger partial charge in [-0.3, -0.25) is 4.90 Å². The van der Waals surface area contributed by atoms with Gasteiger partial charge < -0.3 is 19.0 Å². The summed E-state index contributed by atoms with van der Waals surface area (Å²) >= 11 is 0. The van der Waals surface area contributed by atoms with E-state index in [1.807, 2.05) is 24.3 Å². The van der Waals surface area contributed by atoms with E-state index in [4.69, 9.17) is 19.1 Å². The number of likely N-dealkylation sites (N-methyl/N-ethyl adjacent to an activating group) is 1. The van der Waals surface area contributed by atoms with Gasteiger partial charge in [-0.2, -0.15) is 9.97 Å². The Bertz CT molecular complexity index is 2970. The lowest BCUT2D eigenvalue weighted by atomic mass is 9.75. The van der Waals surface area contributed by atoms with Gasteiger partial charge in [-0.25, -0.2) is 13.2 Å². The molecule has 0 unspecified atom stereocenters. The molecule has 7 nitrogen and oxygen atoms in total. The number of fused-ring (bicyclic) bond motifs is 3. The number of ether oxygens (including phenoxy) is 1. The van der Waals surface area contributed by atoms with Crippen LogP contribution in [0.3, 0.4) is 0 Å². The molecular weight excluding hydrogens is 960 g/mol. The monoisotopic (exact) mass is 1040 g/mol. The highest BCUT2D eigenvalue weighted by molar-refractivity contribution is 6.99. The van der Waals surface area contributed by atoms with E-state index in [9.17, 15) is 0 Å². The van der Waals surface area contributed by atoms with Gasteiger partial charge in [0.1, 0.15) is 37.6 Å². The molecule has 1 aromatic heterocycles. The van der Waals surface area contributed by atoms with Crippen molar-refractivity contribution in [1.82, 2.24) is 19.8 Å². The van der Waals surface area contributed by atoms with Crippen molar-refractivity contribution < 1.29 is 22.3 Å². The molecular formula is C62H78F3N5O2Si2. The Labute approximate surface area is 441 Å². The largest absolute Gasteiger partial charge is 0.461 e. The average Bonchev–Trinajstić information content (AvgIpc) is 3.95. The van der Waals surface area contributed by atoms with Crippen molar-refractivity contribution in [3.8, 4) is 28.6 Å². The maximum atomic E-state index is 18.3. The molecule has 9 rings (SSSR count). The molecule has 0 radical (unpaired) electrons. The molecule has 1 aliphatic carbocycles. The normalized spacial score (nSPS) is 16.8. The number of benzene rings is 5. The molecule has 12 heteroatoms. The Hall–Kier alpha value is -5.04. The molecule has 74 heavy (non-hydrogen) atoms. The maximum Gasteiger partial charge on any atom is 0.319 e.